The van der Waals surface area contributed by atoms with E-state index in [4.69, 9.17) is 4.74 Å². The van der Waals surface area contributed by atoms with Crippen molar-refractivity contribution in [1.82, 2.24) is 0 Å². The number of ether oxygens (including phenoxy) is 1. The van der Waals surface area contributed by atoms with Crippen molar-refractivity contribution < 1.29 is 9.30 Å². The Kier molecular flexibility index (Phi) is 2.41. The fourth-order valence-electron chi connectivity index (χ4n) is 1.70. The molecular weight excluding hydrogens is 162 g/mol. The van der Waals surface area contributed by atoms with Crippen molar-refractivity contribution in [1.29, 1.82) is 0 Å². The first kappa shape index (κ1) is 8.45. The van der Waals surface area contributed by atoms with Crippen LogP contribution in [0.25, 0.3) is 6.08 Å². The lowest BCUT2D eigenvalue weighted by Gasteiger charge is -2.08. The van der Waals surface area contributed by atoms with Crippen molar-refractivity contribution in [3.05, 3.63) is 35.7 Å². The number of methoxy groups -OCH3 is 1. The van der Waals surface area contributed by atoms with Crippen molar-refractivity contribution in [2.45, 2.75) is 19.6 Å². The highest BCUT2D eigenvalue weighted by molar-refractivity contribution is 5.41. The van der Waals surface area contributed by atoms with E-state index in [-0.39, 0.29) is 0 Å². The third-order valence-corrected chi connectivity index (χ3v) is 2.31. The minimum atomic E-state index is 0.696. The minimum Gasteiger partial charge on any atom is -0.374 e. The van der Waals surface area contributed by atoms with Crippen LogP contribution in [0.3, 0.4) is 0 Å². The van der Waals surface area contributed by atoms with Gasteiger partial charge in [-0.05, 0) is 6.07 Å². The van der Waals surface area contributed by atoms with Crippen molar-refractivity contribution in [2.75, 3.05) is 7.11 Å². The highest BCUT2D eigenvalue weighted by atomic mass is 16.5. The fraction of sp³-hybridized carbons (Fsp3) is 0.364. The maximum Gasteiger partial charge on any atom is 0.207 e. The first-order valence-electron chi connectivity index (χ1n) is 4.59. The summed E-state index contributed by atoms with van der Waals surface area (Å²) in [6.45, 7) is 1.77. The summed E-state index contributed by atoms with van der Waals surface area (Å²) in [4.78, 5) is 0. The first-order valence-corrected chi connectivity index (χ1v) is 4.59. The molecular formula is C11H14NO+. The number of allylic oxidation sites excluding steroid dienone is 1. The molecule has 0 radical (unpaired) electrons. The van der Waals surface area contributed by atoms with E-state index in [9.17, 15) is 0 Å². The van der Waals surface area contributed by atoms with E-state index >= 15 is 0 Å². The molecule has 0 bridgehead atoms. The molecule has 0 amide bonds. The molecule has 0 aliphatic carbocycles. The molecule has 0 saturated carbocycles. The first-order chi connectivity index (χ1) is 6.42. The second kappa shape index (κ2) is 3.71. The molecule has 0 atom stereocenters. The van der Waals surface area contributed by atoms with E-state index in [2.05, 4.69) is 34.9 Å². The Morgan fingerprint density at radius 1 is 1.46 bits per heavy atom. The van der Waals surface area contributed by atoms with Crippen LogP contribution in [0.2, 0.25) is 0 Å². The molecule has 1 aromatic heterocycles. The van der Waals surface area contributed by atoms with Gasteiger partial charge < -0.3 is 4.74 Å². The van der Waals surface area contributed by atoms with Crippen LogP contribution in [0.1, 0.15) is 17.8 Å². The van der Waals surface area contributed by atoms with Crippen molar-refractivity contribution in [3.8, 4) is 0 Å². The second-order valence-electron chi connectivity index (χ2n) is 3.22. The Balaban J connectivity index is 2.41. The van der Waals surface area contributed by atoms with Crippen molar-refractivity contribution in [3.63, 3.8) is 0 Å². The highest BCUT2D eigenvalue weighted by Crippen LogP contribution is 2.06. The molecule has 1 aliphatic rings. The van der Waals surface area contributed by atoms with E-state index in [1.54, 1.807) is 7.11 Å². The summed E-state index contributed by atoms with van der Waals surface area (Å²) >= 11 is 0. The lowest BCUT2D eigenvalue weighted by Crippen LogP contribution is -2.42. The summed E-state index contributed by atoms with van der Waals surface area (Å²) in [5, 5.41) is 0. The topological polar surface area (TPSA) is 13.1 Å². The zero-order valence-electron chi connectivity index (χ0n) is 7.86. The van der Waals surface area contributed by atoms with Gasteiger partial charge in [0.05, 0.1) is 0 Å². The van der Waals surface area contributed by atoms with Crippen LogP contribution in [0.4, 0.5) is 0 Å². The summed E-state index contributed by atoms with van der Waals surface area (Å²) in [7, 11) is 1.73. The number of hydrogen-bond acceptors (Lipinski definition) is 1. The summed E-state index contributed by atoms with van der Waals surface area (Å²) in [5.41, 5.74) is 2.53. The van der Waals surface area contributed by atoms with Crippen LogP contribution in [0, 0.1) is 0 Å². The van der Waals surface area contributed by atoms with Crippen LogP contribution in [-0.4, -0.2) is 7.11 Å². The average Bonchev–Trinajstić information content (AvgIpc) is 2.19. The molecule has 2 nitrogen and oxygen atoms in total. The minimum absolute atomic E-state index is 0.696. The quantitative estimate of drug-likeness (QED) is 0.623. The van der Waals surface area contributed by atoms with Gasteiger partial charge in [0.2, 0.25) is 11.4 Å². The van der Waals surface area contributed by atoms with Gasteiger partial charge in [-0.2, -0.15) is 4.57 Å². The van der Waals surface area contributed by atoms with E-state index in [1.807, 2.05) is 0 Å². The number of fused-ring (bicyclic) bond motifs is 1. The predicted molar refractivity (Wildman–Crippen MR) is 51.0 cm³/mol. The molecule has 0 saturated heterocycles. The molecule has 0 N–H and O–H groups in total. The van der Waals surface area contributed by atoms with Gasteiger partial charge in [0, 0.05) is 31.7 Å². The SMILES string of the molecule is COCc1cccc2[n+]1CCC=C2. The Morgan fingerprint density at radius 3 is 3.23 bits per heavy atom. The Hall–Kier alpha value is -1.15. The van der Waals surface area contributed by atoms with Gasteiger partial charge in [-0.1, -0.05) is 6.08 Å². The lowest BCUT2D eigenvalue weighted by atomic mass is 10.2. The van der Waals surface area contributed by atoms with Gasteiger partial charge in [0.15, 0.2) is 6.54 Å². The maximum absolute atomic E-state index is 5.15. The van der Waals surface area contributed by atoms with Gasteiger partial charge in [0.1, 0.15) is 6.61 Å². The number of nitrogens with zero attached hydrogens (tertiary/aromatic N) is 1. The monoisotopic (exact) mass is 176 g/mol. The van der Waals surface area contributed by atoms with Crippen molar-refractivity contribution in [2.24, 2.45) is 0 Å². The predicted octanol–water partition coefficient (Wildman–Crippen LogP) is 1.54. The molecule has 13 heavy (non-hydrogen) atoms. The summed E-state index contributed by atoms with van der Waals surface area (Å²) in [6.07, 6.45) is 5.51. The summed E-state index contributed by atoms with van der Waals surface area (Å²) < 4.78 is 7.46. The highest BCUT2D eigenvalue weighted by Gasteiger charge is 2.15. The molecule has 0 unspecified atom stereocenters. The van der Waals surface area contributed by atoms with Gasteiger partial charge in [-0.15, -0.1) is 0 Å². The fourth-order valence-corrected chi connectivity index (χ4v) is 1.70. The zero-order chi connectivity index (χ0) is 9.10. The Morgan fingerprint density at radius 2 is 2.38 bits per heavy atom. The molecule has 68 valence electrons. The molecule has 0 fully saturated rings. The summed E-state index contributed by atoms with van der Waals surface area (Å²) in [6, 6.07) is 6.33. The number of aromatic nitrogens is 1. The molecule has 1 aromatic rings. The lowest BCUT2D eigenvalue weighted by molar-refractivity contribution is -0.708. The van der Waals surface area contributed by atoms with Crippen LogP contribution in [0.5, 0.6) is 0 Å². The van der Waals surface area contributed by atoms with Crippen LogP contribution >= 0.6 is 0 Å². The normalized spacial score (nSPS) is 14.2. The Labute approximate surface area is 78.5 Å². The summed E-state index contributed by atoms with van der Waals surface area (Å²) in [5.74, 6) is 0. The van der Waals surface area contributed by atoms with Crippen LogP contribution < -0.4 is 4.57 Å². The van der Waals surface area contributed by atoms with Crippen LogP contribution in [-0.2, 0) is 17.9 Å². The van der Waals surface area contributed by atoms with Gasteiger partial charge in [0.25, 0.3) is 0 Å². The zero-order valence-corrected chi connectivity index (χ0v) is 7.86. The number of hydrogen-bond donors (Lipinski definition) is 0. The van der Waals surface area contributed by atoms with E-state index in [0.29, 0.717) is 6.61 Å². The molecule has 2 heteroatoms. The largest absolute Gasteiger partial charge is 0.374 e. The molecule has 1 aliphatic heterocycles. The van der Waals surface area contributed by atoms with E-state index in [1.165, 1.54) is 11.4 Å². The second-order valence-corrected chi connectivity index (χ2v) is 3.22. The third-order valence-electron chi connectivity index (χ3n) is 2.31. The average molecular weight is 176 g/mol. The van der Waals surface area contributed by atoms with Crippen molar-refractivity contribution >= 4 is 6.08 Å². The van der Waals surface area contributed by atoms with Crippen LogP contribution in [0.15, 0.2) is 24.3 Å². The third kappa shape index (κ3) is 1.63. The van der Waals surface area contributed by atoms with E-state index in [0.717, 1.165) is 13.0 Å². The van der Waals surface area contributed by atoms with Gasteiger partial charge in [-0.3, -0.25) is 0 Å². The molecule has 2 heterocycles. The maximum atomic E-state index is 5.15. The number of rotatable bonds is 2. The standard InChI is InChI=1S/C11H14NO/c1-13-9-11-7-4-6-10-5-2-3-8-12(10)11/h2,4-7H,3,8-9H2,1H3/q+1. The molecule has 0 spiro atoms. The molecule has 2 rings (SSSR count). The van der Waals surface area contributed by atoms with E-state index < -0.39 is 0 Å². The number of pyridine rings is 1. The Bertz CT molecular complexity index is 331. The smallest absolute Gasteiger partial charge is 0.207 e. The van der Waals surface area contributed by atoms with Gasteiger partial charge >= 0.3 is 0 Å². The molecule has 0 aromatic carbocycles. The van der Waals surface area contributed by atoms with Gasteiger partial charge in [-0.25, -0.2) is 0 Å².